The summed E-state index contributed by atoms with van der Waals surface area (Å²) in [6.07, 6.45) is 1.92. The van der Waals surface area contributed by atoms with Crippen LogP contribution in [-0.4, -0.2) is 24.7 Å². The molecule has 120 valence electrons. The van der Waals surface area contributed by atoms with Gasteiger partial charge in [-0.1, -0.05) is 11.6 Å². The van der Waals surface area contributed by atoms with Gasteiger partial charge in [0, 0.05) is 17.0 Å². The van der Waals surface area contributed by atoms with Crippen molar-refractivity contribution in [2.24, 2.45) is 0 Å². The summed E-state index contributed by atoms with van der Waals surface area (Å²) >= 11 is 7.57. The van der Waals surface area contributed by atoms with E-state index in [9.17, 15) is 9.59 Å². The second kappa shape index (κ2) is 8.04. The molecule has 0 saturated carbocycles. The van der Waals surface area contributed by atoms with E-state index in [4.69, 9.17) is 16.3 Å². The van der Waals surface area contributed by atoms with Gasteiger partial charge in [-0.2, -0.15) is 0 Å². The van der Waals surface area contributed by atoms with Crippen LogP contribution in [0.25, 0.3) is 0 Å². The van der Waals surface area contributed by atoms with Crippen molar-refractivity contribution in [3.8, 4) is 5.75 Å². The normalized spacial score (nSPS) is 10.2. The number of nitrogens with one attached hydrogen (secondary N) is 1. The minimum atomic E-state index is -0.531. The molecule has 0 spiro atoms. The van der Waals surface area contributed by atoms with E-state index in [0.717, 1.165) is 4.90 Å². The molecular weight excluding hydrogens is 334 g/mol. The molecule has 2 aromatic rings. The number of carbonyl (C=O) groups excluding carboxylic acids is 2. The predicted molar refractivity (Wildman–Crippen MR) is 92.6 cm³/mol. The molecule has 1 amide bonds. The summed E-state index contributed by atoms with van der Waals surface area (Å²) in [4.78, 5) is 24.8. The Morgan fingerprint density at radius 2 is 1.87 bits per heavy atom. The van der Waals surface area contributed by atoms with Crippen LogP contribution in [0.5, 0.6) is 5.75 Å². The summed E-state index contributed by atoms with van der Waals surface area (Å²) in [6, 6.07) is 11.6. The summed E-state index contributed by atoms with van der Waals surface area (Å²) in [5.41, 5.74) is 0.820. The van der Waals surface area contributed by atoms with Crippen LogP contribution in [0.2, 0.25) is 5.02 Å². The van der Waals surface area contributed by atoms with Gasteiger partial charge < -0.3 is 10.1 Å². The number of thioether (sulfide) groups is 1. The van der Waals surface area contributed by atoms with Gasteiger partial charge in [0.1, 0.15) is 5.75 Å². The first-order chi connectivity index (χ1) is 11.0. The first kappa shape index (κ1) is 17.4. The van der Waals surface area contributed by atoms with E-state index < -0.39 is 5.97 Å². The lowest BCUT2D eigenvalue weighted by Gasteiger charge is -2.08. The lowest BCUT2D eigenvalue weighted by atomic mass is 10.2. The molecule has 0 aliphatic carbocycles. The fraction of sp³-hybridized carbons (Fsp3) is 0.176. The Morgan fingerprint density at radius 1 is 1.17 bits per heavy atom. The first-order valence-corrected chi connectivity index (χ1v) is 8.59. The number of hydrogen-bond donors (Lipinski definition) is 1. The maximum atomic E-state index is 12.2. The molecule has 0 saturated heterocycles. The first-order valence-electron chi connectivity index (χ1n) is 6.99. The Bertz CT molecular complexity index is 716. The highest BCUT2D eigenvalue weighted by molar-refractivity contribution is 7.98. The van der Waals surface area contributed by atoms with Crippen LogP contribution in [-0.2, 0) is 0 Å². The molecule has 0 aliphatic rings. The molecule has 0 unspecified atom stereocenters. The highest BCUT2D eigenvalue weighted by Gasteiger charge is 2.14. The summed E-state index contributed by atoms with van der Waals surface area (Å²) in [6.45, 7) is 2.40. The van der Waals surface area contributed by atoms with E-state index in [1.807, 2.05) is 19.2 Å². The predicted octanol–water partition coefficient (Wildman–Crippen LogP) is 4.03. The van der Waals surface area contributed by atoms with Gasteiger partial charge >= 0.3 is 5.97 Å². The van der Waals surface area contributed by atoms with Crippen LogP contribution < -0.4 is 10.1 Å². The number of esters is 1. The SMILES string of the molecule is CCNC(=O)c1ccc(OC(=O)c2cc(SC)ccc2Cl)cc1. The molecule has 4 nitrogen and oxygen atoms in total. The number of halogens is 1. The van der Waals surface area contributed by atoms with Gasteiger partial charge in [-0.05, 0) is 55.6 Å². The zero-order valence-corrected chi connectivity index (χ0v) is 14.3. The van der Waals surface area contributed by atoms with Gasteiger partial charge in [-0.15, -0.1) is 11.8 Å². The van der Waals surface area contributed by atoms with Crippen molar-refractivity contribution in [1.82, 2.24) is 5.32 Å². The highest BCUT2D eigenvalue weighted by Crippen LogP contribution is 2.24. The maximum Gasteiger partial charge on any atom is 0.345 e. The average Bonchev–Trinajstić information content (AvgIpc) is 2.56. The molecule has 0 heterocycles. The largest absolute Gasteiger partial charge is 0.423 e. The Hall–Kier alpha value is -1.98. The fourth-order valence-corrected chi connectivity index (χ4v) is 2.52. The average molecular weight is 350 g/mol. The Kier molecular flexibility index (Phi) is 6.07. The van der Waals surface area contributed by atoms with Crippen LogP contribution >= 0.6 is 23.4 Å². The number of amides is 1. The standard InChI is InChI=1S/C17H16ClNO3S/c1-3-19-16(20)11-4-6-12(7-5-11)22-17(21)14-10-13(23-2)8-9-15(14)18/h4-10H,3H2,1-2H3,(H,19,20). The van der Waals surface area contributed by atoms with Crippen molar-refractivity contribution < 1.29 is 14.3 Å². The number of benzene rings is 2. The van der Waals surface area contributed by atoms with Crippen molar-refractivity contribution in [2.45, 2.75) is 11.8 Å². The van der Waals surface area contributed by atoms with Crippen molar-refractivity contribution >= 4 is 35.2 Å². The summed E-state index contributed by atoms with van der Waals surface area (Å²) < 4.78 is 5.31. The maximum absolute atomic E-state index is 12.2. The molecule has 23 heavy (non-hydrogen) atoms. The lowest BCUT2D eigenvalue weighted by molar-refractivity contribution is 0.0734. The van der Waals surface area contributed by atoms with Crippen LogP contribution in [0.4, 0.5) is 0 Å². The Balaban J connectivity index is 2.13. The van der Waals surface area contributed by atoms with Crippen molar-refractivity contribution in [3.63, 3.8) is 0 Å². The van der Waals surface area contributed by atoms with E-state index >= 15 is 0 Å². The third-order valence-corrected chi connectivity index (χ3v) is 4.11. The Labute approximate surface area is 144 Å². The number of ether oxygens (including phenoxy) is 1. The molecule has 0 aliphatic heterocycles. The minimum absolute atomic E-state index is 0.166. The second-order valence-corrected chi connectivity index (χ2v) is 5.91. The number of rotatable bonds is 5. The van der Waals surface area contributed by atoms with Gasteiger partial charge in [-0.3, -0.25) is 4.79 Å². The van der Waals surface area contributed by atoms with Crippen LogP contribution in [0, 0.1) is 0 Å². The smallest absolute Gasteiger partial charge is 0.345 e. The third kappa shape index (κ3) is 4.50. The van der Waals surface area contributed by atoms with E-state index in [0.29, 0.717) is 28.4 Å². The quantitative estimate of drug-likeness (QED) is 0.503. The minimum Gasteiger partial charge on any atom is -0.423 e. The van der Waals surface area contributed by atoms with Crippen molar-refractivity contribution in [2.75, 3.05) is 12.8 Å². The molecule has 6 heteroatoms. The molecule has 2 rings (SSSR count). The second-order valence-electron chi connectivity index (χ2n) is 4.62. The fourth-order valence-electron chi connectivity index (χ4n) is 1.89. The van der Waals surface area contributed by atoms with Gasteiger partial charge in [0.15, 0.2) is 0 Å². The van der Waals surface area contributed by atoms with Gasteiger partial charge in [0.2, 0.25) is 0 Å². The molecular formula is C17H16ClNO3S. The molecule has 0 atom stereocenters. The van der Waals surface area contributed by atoms with E-state index in [2.05, 4.69) is 5.32 Å². The molecule has 0 fully saturated rings. The van der Waals surface area contributed by atoms with E-state index in [1.165, 1.54) is 11.8 Å². The number of hydrogen-bond acceptors (Lipinski definition) is 4. The van der Waals surface area contributed by atoms with Gasteiger partial charge in [0.05, 0.1) is 10.6 Å². The van der Waals surface area contributed by atoms with E-state index in [-0.39, 0.29) is 5.91 Å². The molecule has 0 radical (unpaired) electrons. The van der Waals surface area contributed by atoms with Crippen LogP contribution in [0.15, 0.2) is 47.4 Å². The zero-order valence-electron chi connectivity index (χ0n) is 12.8. The van der Waals surface area contributed by atoms with Crippen LogP contribution in [0.3, 0.4) is 0 Å². The lowest BCUT2D eigenvalue weighted by Crippen LogP contribution is -2.22. The molecule has 2 aromatic carbocycles. The van der Waals surface area contributed by atoms with Crippen LogP contribution in [0.1, 0.15) is 27.6 Å². The Morgan fingerprint density at radius 3 is 2.48 bits per heavy atom. The zero-order chi connectivity index (χ0) is 16.8. The van der Waals surface area contributed by atoms with Gasteiger partial charge in [-0.25, -0.2) is 4.79 Å². The highest BCUT2D eigenvalue weighted by atomic mass is 35.5. The van der Waals surface area contributed by atoms with Crippen molar-refractivity contribution in [1.29, 1.82) is 0 Å². The summed E-state index contributed by atoms with van der Waals surface area (Å²) in [7, 11) is 0. The molecule has 1 N–H and O–H groups in total. The van der Waals surface area contributed by atoms with E-state index in [1.54, 1.807) is 36.4 Å². The molecule has 0 aromatic heterocycles. The topological polar surface area (TPSA) is 55.4 Å². The summed E-state index contributed by atoms with van der Waals surface area (Å²) in [5.74, 6) is -0.341. The number of carbonyl (C=O) groups is 2. The third-order valence-electron chi connectivity index (χ3n) is 3.06. The van der Waals surface area contributed by atoms with Gasteiger partial charge in [0.25, 0.3) is 5.91 Å². The monoisotopic (exact) mass is 349 g/mol. The molecule has 0 bridgehead atoms. The van der Waals surface area contributed by atoms with Crippen molar-refractivity contribution in [3.05, 3.63) is 58.6 Å². The summed E-state index contributed by atoms with van der Waals surface area (Å²) in [5, 5.41) is 3.04.